The van der Waals surface area contributed by atoms with Crippen molar-refractivity contribution >= 4 is 31.9 Å². The molecule has 1 fully saturated rings. The molecule has 2 aromatic rings. The molecule has 0 aromatic heterocycles. The Morgan fingerprint density at radius 3 is 2.29 bits per heavy atom. The van der Waals surface area contributed by atoms with Gasteiger partial charge < -0.3 is 4.90 Å². The molecular weight excluding hydrogens is 476 g/mol. The molecule has 0 heterocycles. The number of halogens is 2. The van der Waals surface area contributed by atoms with E-state index in [1.165, 1.54) is 12.0 Å². The van der Waals surface area contributed by atoms with Crippen LogP contribution in [0.5, 0.6) is 0 Å². The summed E-state index contributed by atoms with van der Waals surface area (Å²) >= 11 is 7.45. The number of nitrogens with zero attached hydrogens (tertiary/aromatic N) is 2. The molecule has 0 spiro atoms. The number of hydrogen-bond acceptors (Lipinski definition) is 2. The summed E-state index contributed by atoms with van der Waals surface area (Å²) in [5, 5.41) is 10.3. The van der Waals surface area contributed by atoms with Crippen LogP contribution in [0.1, 0.15) is 43.2 Å². The number of likely N-dealkylation sites (N-methyl/N-ethyl adjacent to an activating group) is 1. The van der Waals surface area contributed by atoms with Gasteiger partial charge in [0.15, 0.2) is 0 Å². The van der Waals surface area contributed by atoms with Gasteiger partial charge in [0.1, 0.15) is 0 Å². The molecule has 1 aliphatic rings. The normalized spacial score (nSPS) is 16.4. The molecule has 2 nitrogen and oxygen atoms in total. The first-order valence-corrected chi connectivity index (χ1v) is 11.7. The number of nitriles is 1. The fourth-order valence-electron chi connectivity index (χ4n) is 4.27. The second-order valence-corrected chi connectivity index (χ2v) is 9.66. The van der Waals surface area contributed by atoms with E-state index < -0.39 is 5.41 Å². The van der Waals surface area contributed by atoms with Crippen molar-refractivity contribution in [3.63, 3.8) is 0 Å². The second-order valence-electron chi connectivity index (χ2n) is 7.95. The second kappa shape index (κ2) is 10.1. The maximum atomic E-state index is 10.3. The van der Waals surface area contributed by atoms with E-state index in [1.807, 2.05) is 6.07 Å². The van der Waals surface area contributed by atoms with Gasteiger partial charge in [-0.25, -0.2) is 0 Å². The Bertz CT molecular complexity index is 791. The van der Waals surface area contributed by atoms with Crippen LogP contribution in [-0.4, -0.2) is 25.0 Å². The van der Waals surface area contributed by atoms with Gasteiger partial charge in [0, 0.05) is 21.1 Å². The Morgan fingerprint density at radius 1 is 1.04 bits per heavy atom. The van der Waals surface area contributed by atoms with Gasteiger partial charge in [-0.05, 0) is 69.3 Å². The summed E-state index contributed by atoms with van der Waals surface area (Å²) in [6, 6.07) is 19.6. The van der Waals surface area contributed by atoms with Gasteiger partial charge in [-0.3, -0.25) is 0 Å². The minimum atomic E-state index is -0.405. The average molecular weight is 504 g/mol. The largest absolute Gasteiger partial charge is 0.306 e. The minimum absolute atomic E-state index is 0.405. The van der Waals surface area contributed by atoms with E-state index in [-0.39, 0.29) is 0 Å². The molecule has 0 aliphatic heterocycles. The molecule has 0 N–H and O–H groups in total. The molecule has 2 aromatic carbocycles. The first-order valence-electron chi connectivity index (χ1n) is 10.1. The summed E-state index contributed by atoms with van der Waals surface area (Å²) in [7, 11) is 2.19. The summed E-state index contributed by atoms with van der Waals surface area (Å²) in [6.07, 6.45) is 6.57. The first-order chi connectivity index (χ1) is 13.6. The predicted octanol–water partition coefficient (Wildman–Crippen LogP) is 6.73. The van der Waals surface area contributed by atoms with Crippen LogP contribution in [-0.2, 0) is 11.8 Å². The van der Waals surface area contributed by atoms with E-state index in [2.05, 4.69) is 92.3 Å². The zero-order valence-electron chi connectivity index (χ0n) is 16.5. The third-order valence-corrected chi connectivity index (χ3v) is 7.47. The van der Waals surface area contributed by atoms with Gasteiger partial charge >= 0.3 is 0 Å². The van der Waals surface area contributed by atoms with Gasteiger partial charge in [0.25, 0.3) is 0 Å². The topological polar surface area (TPSA) is 27.0 Å². The number of rotatable bonds is 9. The maximum absolute atomic E-state index is 10.3. The van der Waals surface area contributed by atoms with E-state index in [0.717, 1.165) is 59.7 Å². The molecule has 28 heavy (non-hydrogen) atoms. The highest BCUT2D eigenvalue weighted by molar-refractivity contribution is 9.11. The molecule has 1 unspecified atom stereocenters. The first kappa shape index (κ1) is 21.6. The van der Waals surface area contributed by atoms with Crippen LogP contribution in [0.25, 0.3) is 0 Å². The SMILES string of the molecule is CN(CCCC(C#N)(c1c(Br)cccc1Br)C1CCC1)CCc1ccccc1. The molecule has 148 valence electrons. The average Bonchev–Trinajstić information content (AvgIpc) is 2.65. The summed E-state index contributed by atoms with van der Waals surface area (Å²) in [5.74, 6) is 0.460. The van der Waals surface area contributed by atoms with Crippen LogP contribution >= 0.6 is 31.9 Å². The lowest BCUT2D eigenvalue weighted by molar-refractivity contribution is 0.187. The highest BCUT2D eigenvalue weighted by Crippen LogP contribution is 2.50. The molecule has 3 rings (SSSR count). The van der Waals surface area contributed by atoms with E-state index in [9.17, 15) is 5.26 Å². The standard InChI is InChI=1S/C24H28Br2N2/c1-28(17-14-19-8-3-2-4-9-19)16-7-15-24(18-27,20-10-5-11-20)23-21(25)12-6-13-22(23)26/h2-4,6,8-9,12-13,20H,5,7,10-11,14-17H2,1H3. The molecule has 1 saturated carbocycles. The maximum Gasteiger partial charge on any atom is 0.0872 e. The van der Waals surface area contributed by atoms with Crippen molar-refractivity contribution in [3.8, 4) is 6.07 Å². The summed E-state index contributed by atoms with van der Waals surface area (Å²) in [6.45, 7) is 2.07. The van der Waals surface area contributed by atoms with Gasteiger partial charge in [-0.15, -0.1) is 0 Å². The summed E-state index contributed by atoms with van der Waals surface area (Å²) < 4.78 is 2.10. The van der Waals surface area contributed by atoms with Crippen LogP contribution in [0, 0.1) is 17.2 Å². The highest BCUT2D eigenvalue weighted by Gasteiger charge is 2.45. The molecular formula is C24H28Br2N2. The smallest absolute Gasteiger partial charge is 0.0872 e. The molecule has 4 heteroatoms. The van der Waals surface area contributed by atoms with Crippen molar-refractivity contribution in [2.45, 2.75) is 43.9 Å². The lowest BCUT2D eigenvalue weighted by Crippen LogP contribution is -2.39. The van der Waals surface area contributed by atoms with Gasteiger partial charge in [-0.1, -0.05) is 74.7 Å². The highest BCUT2D eigenvalue weighted by atomic mass is 79.9. The van der Waals surface area contributed by atoms with Crippen LogP contribution < -0.4 is 0 Å². The fraction of sp³-hybridized carbons (Fsp3) is 0.458. The Kier molecular flexibility index (Phi) is 7.74. The third kappa shape index (κ3) is 4.87. The summed E-state index contributed by atoms with van der Waals surface area (Å²) in [5.41, 5.74) is 2.12. The molecule has 0 amide bonds. The minimum Gasteiger partial charge on any atom is -0.306 e. The Hall–Kier alpha value is -1.15. The zero-order valence-corrected chi connectivity index (χ0v) is 19.7. The lowest BCUT2D eigenvalue weighted by Gasteiger charge is -2.42. The number of hydrogen-bond donors (Lipinski definition) is 0. The van der Waals surface area contributed by atoms with Crippen LogP contribution in [0.3, 0.4) is 0 Å². The zero-order chi connectivity index (χ0) is 20.0. The van der Waals surface area contributed by atoms with Crippen LogP contribution in [0.2, 0.25) is 0 Å². The van der Waals surface area contributed by atoms with E-state index in [4.69, 9.17) is 0 Å². The van der Waals surface area contributed by atoms with Crippen molar-refractivity contribution in [3.05, 3.63) is 68.6 Å². The Labute approximate surface area is 186 Å². The predicted molar refractivity (Wildman–Crippen MR) is 123 cm³/mol. The van der Waals surface area contributed by atoms with Crippen LogP contribution in [0.15, 0.2) is 57.5 Å². The molecule has 0 radical (unpaired) electrons. The Balaban J connectivity index is 1.65. The van der Waals surface area contributed by atoms with Gasteiger partial charge in [-0.2, -0.15) is 5.26 Å². The third-order valence-electron chi connectivity index (χ3n) is 6.15. The summed E-state index contributed by atoms with van der Waals surface area (Å²) in [4.78, 5) is 2.39. The van der Waals surface area contributed by atoms with Crippen molar-refractivity contribution in [2.24, 2.45) is 5.92 Å². The van der Waals surface area contributed by atoms with Crippen LogP contribution in [0.4, 0.5) is 0 Å². The van der Waals surface area contributed by atoms with E-state index >= 15 is 0 Å². The number of benzene rings is 2. The van der Waals surface area contributed by atoms with Crippen molar-refractivity contribution in [1.82, 2.24) is 4.90 Å². The molecule has 0 saturated heterocycles. The quantitative estimate of drug-likeness (QED) is 0.379. The lowest BCUT2D eigenvalue weighted by atomic mass is 9.61. The van der Waals surface area contributed by atoms with Crippen molar-refractivity contribution in [2.75, 3.05) is 20.1 Å². The Morgan fingerprint density at radius 2 is 1.71 bits per heavy atom. The van der Waals surface area contributed by atoms with E-state index in [0.29, 0.717) is 5.92 Å². The van der Waals surface area contributed by atoms with Gasteiger partial charge in [0.05, 0.1) is 11.5 Å². The molecule has 0 bridgehead atoms. The van der Waals surface area contributed by atoms with Crippen molar-refractivity contribution in [1.29, 1.82) is 5.26 Å². The molecule has 1 atom stereocenters. The van der Waals surface area contributed by atoms with E-state index in [1.54, 1.807) is 0 Å². The van der Waals surface area contributed by atoms with Crippen molar-refractivity contribution < 1.29 is 0 Å². The monoisotopic (exact) mass is 502 g/mol. The fourth-order valence-corrected chi connectivity index (χ4v) is 5.97. The van der Waals surface area contributed by atoms with Gasteiger partial charge in [0.2, 0.25) is 0 Å². The molecule has 1 aliphatic carbocycles.